The highest BCUT2D eigenvalue weighted by molar-refractivity contribution is 7.98. The Morgan fingerprint density at radius 3 is 2.44 bits per heavy atom. The molecule has 0 radical (unpaired) electrons. The van der Waals surface area contributed by atoms with Crippen LogP contribution in [0.25, 0.3) is 0 Å². The van der Waals surface area contributed by atoms with Crippen LogP contribution in [0.3, 0.4) is 0 Å². The molecule has 146 valence electrons. The highest BCUT2D eigenvalue weighted by atomic mass is 32.2. The van der Waals surface area contributed by atoms with Gasteiger partial charge in [0.2, 0.25) is 5.91 Å². The van der Waals surface area contributed by atoms with E-state index in [-0.39, 0.29) is 17.6 Å². The zero-order chi connectivity index (χ0) is 19.6. The van der Waals surface area contributed by atoms with Crippen molar-refractivity contribution in [3.63, 3.8) is 0 Å². The van der Waals surface area contributed by atoms with Crippen LogP contribution >= 0.6 is 11.8 Å². The molecule has 2 rings (SSSR count). The summed E-state index contributed by atoms with van der Waals surface area (Å²) in [6.07, 6.45) is 3.96. The Kier molecular flexibility index (Phi) is 8.42. The van der Waals surface area contributed by atoms with E-state index in [9.17, 15) is 9.59 Å². The second kappa shape index (κ2) is 10.8. The molecule has 1 aromatic heterocycles. The standard InChI is InChI=1S/C20H27N3O3S/c1-23(2)14-16-8-6-15(7-9-16)13-21-19(24)17(10-12-27-3)22-20(25)18-5-4-11-26-18/h4-9,11,17H,10,12-14H2,1-3H3,(H,21,24)(H,22,25)/t17-/m1/s1. The molecular formula is C20H27N3O3S. The van der Waals surface area contributed by atoms with Crippen LogP contribution in [0.4, 0.5) is 0 Å². The molecule has 0 unspecified atom stereocenters. The molecule has 0 bridgehead atoms. The van der Waals surface area contributed by atoms with E-state index in [4.69, 9.17) is 4.42 Å². The Hall–Kier alpha value is -2.25. The lowest BCUT2D eigenvalue weighted by Crippen LogP contribution is -2.46. The van der Waals surface area contributed by atoms with Crippen LogP contribution in [0, 0.1) is 0 Å². The lowest BCUT2D eigenvalue weighted by Gasteiger charge is -2.18. The Morgan fingerprint density at radius 1 is 1.15 bits per heavy atom. The van der Waals surface area contributed by atoms with Gasteiger partial charge in [0.25, 0.3) is 5.91 Å². The van der Waals surface area contributed by atoms with Crippen LogP contribution in [0.1, 0.15) is 28.1 Å². The highest BCUT2D eigenvalue weighted by Crippen LogP contribution is 2.08. The third-order valence-corrected chi connectivity index (χ3v) is 4.61. The Balaban J connectivity index is 1.91. The minimum absolute atomic E-state index is 0.193. The summed E-state index contributed by atoms with van der Waals surface area (Å²) in [7, 11) is 4.06. The number of nitrogens with zero attached hydrogens (tertiary/aromatic N) is 1. The molecule has 1 aromatic carbocycles. The number of carbonyl (C=O) groups is 2. The maximum atomic E-state index is 12.6. The topological polar surface area (TPSA) is 74.6 Å². The normalized spacial score (nSPS) is 12.0. The fourth-order valence-electron chi connectivity index (χ4n) is 2.58. The van der Waals surface area contributed by atoms with Gasteiger partial charge in [0.1, 0.15) is 6.04 Å². The largest absolute Gasteiger partial charge is 0.459 e. The molecule has 2 amide bonds. The molecule has 2 N–H and O–H groups in total. The number of furan rings is 1. The van der Waals surface area contributed by atoms with Gasteiger partial charge in [-0.15, -0.1) is 0 Å². The first-order valence-corrected chi connectivity index (χ1v) is 10.2. The Bertz CT molecular complexity index is 715. The van der Waals surface area contributed by atoms with Crippen molar-refractivity contribution in [2.24, 2.45) is 0 Å². The summed E-state index contributed by atoms with van der Waals surface area (Å²) in [6, 6.07) is 10.8. The molecule has 0 saturated carbocycles. The van der Waals surface area contributed by atoms with Gasteiger partial charge < -0.3 is 20.0 Å². The molecule has 0 spiro atoms. The van der Waals surface area contributed by atoms with Gasteiger partial charge in [-0.05, 0) is 55.8 Å². The van der Waals surface area contributed by atoms with Crippen molar-refractivity contribution in [2.75, 3.05) is 26.1 Å². The van der Waals surface area contributed by atoms with Gasteiger partial charge in [0, 0.05) is 13.1 Å². The Labute approximate surface area is 164 Å². The van der Waals surface area contributed by atoms with E-state index >= 15 is 0 Å². The summed E-state index contributed by atoms with van der Waals surface area (Å²) in [5.41, 5.74) is 2.24. The van der Waals surface area contributed by atoms with E-state index in [0.29, 0.717) is 13.0 Å². The lowest BCUT2D eigenvalue weighted by molar-refractivity contribution is -0.123. The van der Waals surface area contributed by atoms with E-state index in [0.717, 1.165) is 17.9 Å². The van der Waals surface area contributed by atoms with Gasteiger partial charge in [0.15, 0.2) is 5.76 Å². The van der Waals surface area contributed by atoms with Gasteiger partial charge in [-0.1, -0.05) is 24.3 Å². The SMILES string of the molecule is CSCC[C@@H](NC(=O)c1ccco1)C(=O)NCc1ccc(CN(C)C)cc1. The van der Waals surface area contributed by atoms with Crippen molar-refractivity contribution in [1.82, 2.24) is 15.5 Å². The monoisotopic (exact) mass is 389 g/mol. The van der Waals surface area contributed by atoms with Crippen LogP contribution < -0.4 is 10.6 Å². The average molecular weight is 390 g/mol. The first-order valence-electron chi connectivity index (χ1n) is 8.83. The van der Waals surface area contributed by atoms with Gasteiger partial charge >= 0.3 is 0 Å². The van der Waals surface area contributed by atoms with Crippen LogP contribution in [0.2, 0.25) is 0 Å². The number of hydrogen-bond donors (Lipinski definition) is 2. The summed E-state index contributed by atoms with van der Waals surface area (Å²) < 4.78 is 5.10. The fraction of sp³-hybridized carbons (Fsp3) is 0.400. The smallest absolute Gasteiger partial charge is 0.287 e. The summed E-state index contributed by atoms with van der Waals surface area (Å²) >= 11 is 1.63. The van der Waals surface area contributed by atoms with Gasteiger partial charge in [-0.3, -0.25) is 9.59 Å². The van der Waals surface area contributed by atoms with E-state index in [1.54, 1.807) is 23.9 Å². The van der Waals surface area contributed by atoms with E-state index in [2.05, 4.69) is 27.7 Å². The predicted octanol–water partition coefficient (Wildman–Crippen LogP) is 2.51. The quantitative estimate of drug-likeness (QED) is 0.653. The molecule has 6 nitrogen and oxygen atoms in total. The zero-order valence-corrected chi connectivity index (χ0v) is 16.8. The molecule has 1 atom stereocenters. The van der Waals surface area contributed by atoms with Crippen LogP contribution in [-0.2, 0) is 17.9 Å². The summed E-state index contributed by atoms with van der Waals surface area (Å²) in [5.74, 6) is 0.402. The van der Waals surface area contributed by atoms with Crippen molar-refractivity contribution in [3.8, 4) is 0 Å². The predicted molar refractivity (Wildman–Crippen MR) is 109 cm³/mol. The number of carbonyl (C=O) groups excluding carboxylic acids is 2. The lowest BCUT2D eigenvalue weighted by atomic mass is 10.1. The van der Waals surface area contributed by atoms with Gasteiger partial charge in [-0.2, -0.15) is 11.8 Å². The molecule has 0 fully saturated rings. The molecular weight excluding hydrogens is 362 g/mol. The maximum Gasteiger partial charge on any atom is 0.287 e. The van der Waals surface area contributed by atoms with Crippen LogP contribution in [0.15, 0.2) is 47.1 Å². The Morgan fingerprint density at radius 2 is 1.85 bits per heavy atom. The fourth-order valence-corrected chi connectivity index (χ4v) is 3.05. The number of rotatable bonds is 10. The second-order valence-electron chi connectivity index (χ2n) is 6.56. The number of amides is 2. The van der Waals surface area contributed by atoms with Crippen molar-refractivity contribution >= 4 is 23.6 Å². The van der Waals surface area contributed by atoms with Gasteiger partial charge in [-0.25, -0.2) is 0 Å². The molecule has 27 heavy (non-hydrogen) atoms. The number of thioether (sulfide) groups is 1. The number of benzene rings is 1. The summed E-state index contributed by atoms with van der Waals surface area (Å²) in [6.45, 7) is 1.30. The molecule has 7 heteroatoms. The molecule has 0 aliphatic heterocycles. The minimum Gasteiger partial charge on any atom is -0.459 e. The average Bonchev–Trinajstić information content (AvgIpc) is 3.18. The second-order valence-corrected chi connectivity index (χ2v) is 7.54. The molecule has 2 aromatic rings. The third kappa shape index (κ3) is 7.11. The number of nitrogens with one attached hydrogen (secondary N) is 2. The maximum absolute atomic E-state index is 12.6. The van der Waals surface area contributed by atoms with E-state index in [1.807, 2.05) is 32.5 Å². The molecule has 0 aliphatic rings. The van der Waals surface area contributed by atoms with Gasteiger partial charge in [0.05, 0.1) is 6.26 Å². The summed E-state index contributed by atoms with van der Waals surface area (Å²) in [4.78, 5) is 26.9. The van der Waals surface area contributed by atoms with Crippen molar-refractivity contribution < 1.29 is 14.0 Å². The third-order valence-electron chi connectivity index (χ3n) is 3.97. The van der Waals surface area contributed by atoms with Crippen molar-refractivity contribution in [2.45, 2.75) is 25.6 Å². The van der Waals surface area contributed by atoms with E-state index < -0.39 is 6.04 Å². The van der Waals surface area contributed by atoms with Crippen molar-refractivity contribution in [1.29, 1.82) is 0 Å². The molecule has 0 saturated heterocycles. The van der Waals surface area contributed by atoms with E-state index in [1.165, 1.54) is 11.8 Å². The first-order chi connectivity index (χ1) is 13.0. The number of hydrogen-bond acceptors (Lipinski definition) is 5. The first kappa shape index (κ1) is 21.1. The van der Waals surface area contributed by atoms with Crippen LogP contribution in [0.5, 0.6) is 0 Å². The summed E-state index contributed by atoms with van der Waals surface area (Å²) in [5, 5.41) is 5.67. The van der Waals surface area contributed by atoms with Crippen molar-refractivity contribution in [3.05, 3.63) is 59.5 Å². The minimum atomic E-state index is -0.594. The van der Waals surface area contributed by atoms with Crippen LogP contribution in [-0.4, -0.2) is 48.9 Å². The molecule has 1 heterocycles. The zero-order valence-electron chi connectivity index (χ0n) is 16.0. The molecule has 0 aliphatic carbocycles. The highest BCUT2D eigenvalue weighted by Gasteiger charge is 2.22.